The first-order chi connectivity index (χ1) is 9.60. The summed E-state index contributed by atoms with van der Waals surface area (Å²) in [5.74, 6) is -0.963. The smallest absolute Gasteiger partial charge is 0.305 e. The Labute approximate surface area is 118 Å². The van der Waals surface area contributed by atoms with Crippen molar-refractivity contribution in [2.75, 3.05) is 0 Å². The van der Waals surface area contributed by atoms with Crippen molar-refractivity contribution in [3.05, 3.63) is 30.1 Å². The van der Waals surface area contributed by atoms with Crippen LogP contribution >= 0.6 is 0 Å². The molecule has 108 valence electrons. The van der Waals surface area contributed by atoms with Crippen LogP contribution in [0.3, 0.4) is 0 Å². The molecule has 0 saturated heterocycles. The second-order valence-electron chi connectivity index (χ2n) is 5.49. The van der Waals surface area contributed by atoms with Gasteiger partial charge in [0.25, 0.3) is 0 Å². The Balaban J connectivity index is 2.00. The number of carbonyl (C=O) groups is 2. The Hall–Kier alpha value is -1.91. The van der Waals surface area contributed by atoms with Crippen molar-refractivity contribution in [2.24, 2.45) is 0 Å². The Morgan fingerprint density at radius 3 is 2.45 bits per heavy atom. The molecule has 1 aliphatic rings. The third-order valence-corrected chi connectivity index (χ3v) is 3.82. The zero-order chi connectivity index (χ0) is 14.4. The molecule has 0 aliphatic heterocycles. The summed E-state index contributed by atoms with van der Waals surface area (Å²) in [6.45, 7) is 0. The van der Waals surface area contributed by atoms with Gasteiger partial charge in [-0.05, 0) is 30.5 Å². The molecule has 20 heavy (non-hydrogen) atoms. The monoisotopic (exact) mass is 276 g/mol. The molecule has 1 fully saturated rings. The van der Waals surface area contributed by atoms with Gasteiger partial charge in [0.05, 0.1) is 18.4 Å². The number of hydrogen-bond acceptors (Lipinski definition) is 3. The minimum Gasteiger partial charge on any atom is -0.481 e. The first-order valence-electron chi connectivity index (χ1n) is 7.01. The number of amides is 1. The Bertz CT molecular complexity index is 467. The summed E-state index contributed by atoms with van der Waals surface area (Å²) in [6.07, 6.45) is 8.14. The number of carboxylic acid groups (broad SMARTS) is 1. The Morgan fingerprint density at radius 2 is 1.85 bits per heavy atom. The van der Waals surface area contributed by atoms with Crippen LogP contribution in [0, 0.1) is 0 Å². The second kappa shape index (κ2) is 6.50. The summed E-state index contributed by atoms with van der Waals surface area (Å²) in [4.78, 5) is 27.1. The topological polar surface area (TPSA) is 79.3 Å². The third kappa shape index (κ3) is 4.05. The van der Waals surface area contributed by atoms with E-state index in [1.807, 2.05) is 0 Å². The van der Waals surface area contributed by atoms with Crippen molar-refractivity contribution in [3.8, 4) is 0 Å². The third-order valence-electron chi connectivity index (χ3n) is 3.82. The lowest BCUT2D eigenvalue weighted by Crippen LogP contribution is -2.51. The molecule has 1 heterocycles. The van der Waals surface area contributed by atoms with E-state index in [0.717, 1.165) is 37.7 Å². The highest BCUT2D eigenvalue weighted by Crippen LogP contribution is 2.31. The predicted molar refractivity (Wildman–Crippen MR) is 74.2 cm³/mol. The van der Waals surface area contributed by atoms with Crippen LogP contribution in [0.1, 0.15) is 44.1 Å². The highest BCUT2D eigenvalue weighted by Gasteiger charge is 2.35. The van der Waals surface area contributed by atoms with Gasteiger partial charge in [-0.3, -0.25) is 14.6 Å². The number of hydrogen-bond donors (Lipinski definition) is 2. The summed E-state index contributed by atoms with van der Waals surface area (Å²) in [7, 11) is 0. The van der Waals surface area contributed by atoms with E-state index >= 15 is 0 Å². The first kappa shape index (κ1) is 14.5. The van der Waals surface area contributed by atoms with Gasteiger partial charge in [-0.15, -0.1) is 0 Å². The van der Waals surface area contributed by atoms with E-state index in [9.17, 15) is 9.59 Å². The van der Waals surface area contributed by atoms with E-state index in [1.54, 1.807) is 24.5 Å². The zero-order valence-electron chi connectivity index (χ0n) is 11.5. The molecule has 1 aromatic rings. The quantitative estimate of drug-likeness (QED) is 0.861. The Morgan fingerprint density at radius 1 is 1.20 bits per heavy atom. The number of nitrogens with one attached hydrogen (secondary N) is 1. The van der Waals surface area contributed by atoms with Crippen LogP contribution in [0.2, 0.25) is 0 Å². The molecular formula is C15H20N2O3. The number of carbonyl (C=O) groups excluding carboxylic acids is 1. The van der Waals surface area contributed by atoms with Crippen molar-refractivity contribution < 1.29 is 14.7 Å². The van der Waals surface area contributed by atoms with E-state index < -0.39 is 11.5 Å². The molecule has 0 aromatic carbocycles. The molecule has 0 bridgehead atoms. The van der Waals surface area contributed by atoms with Crippen LogP contribution in [0.4, 0.5) is 0 Å². The number of aliphatic carboxylic acids is 1. The molecule has 2 N–H and O–H groups in total. The van der Waals surface area contributed by atoms with E-state index in [0.29, 0.717) is 0 Å². The van der Waals surface area contributed by atoms with Gasteiger partial charge in [0.15, 0.2) is 0 Å². The highest BCUT2D eigenvalue weighted by atomic mass is 16.4. The number of rotatable bonds is 5. The highest BCUT2D eigenvalue weighted by molar-refractivity contribution is 5.80. The number of carboxylic acids is 1. The van der Waals surface area contributed by atoms with Crippen molar-refractivity contribution in [1.82, 2.24) is 10.3 Å². The molecule has 0 unspecified atom stereocenters. The largest absolute Gasteiger partial charge is 0.481 e. The van der Waals surface area contributed by atoms with E-state index in [1.165, 1.54) is 0 Å². The lowest BCUT2D eigenvalue weighted by molar-refractivity contribution is -0.139. The van der Waals surface area contributed by atoms with Gasteiger partial charge in [-0.25, -0.2) is 0 Å². The van der Waals surface area contributed by atoms with Crippen LogP contribution in [-0.4, -0.2) is 27.5 Å². The number of aromatic nitrogens is 1. The fourth-order valence-electron chi connectivity index (χ4n) is 2.89. The summed E-state index contributed by atoms with van der Waals surface area (Å²) in [5.41, 5.74) is 0.326. The summed E-state index contributed by atoms with van der Waals surface area (Å²) in [6, 6.07) is 3.59. The fourth-order valence-corrected chi connectivity index (χ4v) is 2.89. The standard InChI is InChI=1S/C15H20N2O3/c18-13(10-12-4-8-16-9-5-12)17-15(11-14(19)20)6-2-1-3-7-15/h4-5,8-9H,1-3,6-7,10-11H2,(H,17,18)(H,19,20). The number of pyridine rings is 1. The Kier molecular flexibility index (Phi) is 4.71. The lowest BCUT2D eigenvalue weighted by atomic mass is 9.79. The number of nitrogens with zero attached hydrogens (tertiary/aromatic N) is 1. The summed E-state index contributed by atoms with van der Waals surface area (Å²) in [5, 5.41) is 12.0. The van der Waals surface area contributed by atoms with E-state index in [4.69, 9.17) is 5.11 Å². The molecule has 0 spiro atoms. The molecule has 1 saturated carbocycles. The first-order valence-corrected chi connectivity index (χ1v) is 7.01. The summed E-state index contributed by atoms with van der Waals surface area (Å²) < 4.78 is 0. The van der Waals surface area contributed by atoms with Gasteiger partial charge in [0.2, 0.25) is 5.91 Å². The maximum absolute atomic E-state index is 12.1. The van der Waals surface area contributed by atoms with Crippen molar-refractivity contribution >= 4 is 11.9 Å². The van der Waals surface area contributed by atoms with Crippen molar-refractivity contribution in [2.45, 2.75) is 50.5 Å². The molecular weight excluding hydrogens is 256 g/mol. The maximum atomic E-state index is 12.1. The van der Waals surface area contributed by atoms with Gasteiger partial charge in [-0.1, -0.05) is 19.3 Å². The van der Waals surface area contributed by atoms with E-state index in [2.05, 4.69) is 10.3 Å². The molecule has 5 heteroatoms. The van der Waals surface area contributed by atoms with Crippen LogP contribution < -0.4 is 5.32 Å². The molecule has 1 aromatic heterocycles. The minimum absolute atomic E-state index is 0.00901. The molecule has 1 amide bonds. The average Bonchev–Trinajstić information content (AvgIpc) is 2.39. The van der Waals surface area contributed by atoms with Crippen LogP contribution in [-0.2, 0) is 16.0 Å². The average molecular weight is 276 g/mol. The van der Waals surface area contributed by atoms with Crippen LogP contribution in [0.15, 0.2) is 24.5 Å². The minimum atomic E-state index is -0.851. The van der Waals surface area contributed by atoms with Gasteiger partial charge in [-0.2, -0.15) is 0 Å². The molecule has 2 rings (SSSR count). The molecule has 1 aliphatic carbocycles. The van der Waals surface area contributed by atoms with Crippen molar-refractivity contribution in [1.29, 1.82) is 0 Å². The maximum Gasteiger partial charge on any atom is 0.305 e. The van der Waals surface area contributed by atoms with Gasteiger partial charge in [0.1, 0.15) is 0 Å². The fraction of sp³-hybridized carbons (Fsp3) is 0.533. The molecule has 0 radical (unpaired) electrons. The van der Waals surface area contributed by atoms with Gasteiger partial charge >= 0.3 is 5.97 Å². The normalized spacial score (nSPS) is 17.4. The van der Waals surface area contributed by atoms with Crippen LogP contribution in [0.25, 0.3) is 0 Å². The van der Waals surface area contributed by atoms with Gasteiger partial charge < -0.3 is 10.4 Å². The van der Waals surface area contributed by atoms with E-state index in [-0.39, 0.29) is 18.7 Å². The molecule has 5 nitrogen and oxygen atoms in total. The predicted octanol–water partition coefficient (Wildman–Crippen LogP) is 1.92. The van der Waals surface area contributed by atoms with Gasteiger partial charge in [0, 0.05) is 12.4 Å². The van der Waals surface area contributed by atoms with Crippen LogP contribution in [0.5, 0.6) is 0 Å². The second-order valence-corrected chi connectivity index (χ2v) is 5.49. The molecule has 0 atom stereocenters. The zero-order valence-corrected chi connectivity index (χ0v) is 11.5. The SMILES string of the molecule is O=C(O)CC1(NC(=O)Cc2ccncc2)CCCCC1. The van der Waals surface area contributed by atoms with Crippen molar-refractivity contribution in [3.63, 3.8) is 0 Å². The lowest BCUT2D eigenvalue weighted by Gasteiger charge is -2.37. The summed E-state index contributed by atoms with van der Waals surface area (Å²) >= 11 is 0.